The van der Waals surface area contributed by atoms with E-state index in [1.807, 2.05) is 12.1 Å². The molecule has 0 amide bonds. The molecule has 0 aromatic heterocycles. The Morgan fingerprint density at radius 3 is 2.47 bits per heavy atom. The summed E-state index contributed by atoms with van der Waals surface area (Å²) in [5.74, 6) is -0.518. The smallest absolute Gasteiger partial charge is 0.127 e. The van der Waals surface area contributed by atoms with Crippen molar-refractivity contribution in [2.75, 3.05) is 5.32 Å². The molecule has 2 aromatic rings. The number of aromatic hydroxyl groups is 1. The van der Waals surface area contributed by atoms with Crippen LogP contribution in [-0.4, -0.2) is 5.11 Å². The summed E-state index contributed by atoms with van der Waals surface area (Å²) < 4.78 is 13.0. The van der Waals surface area contributed by atoms with Crippen LogP contribution in [0.15, 0.2) is 42.5 Å². The average molecular weight is 252 g/mol. The lowest BCUT2D eigenvalue weighted by atomic mass is 10.2. The maximum atomic E-state index is 13.0. The highest BCUT2D eigenvalue weighted by molar-refractivity contribution is 6.30. The molecule has 0 bridgehead atoms. The molecular formula is C13H11ClFNO. The minimum Gasteiger partial charge on any atom is -0.508 e. The SMILES string of the molecule is Oc1cc(F)cc(CNc2ccc(Cl)cc2)c1. The van der Waals surface area contributed by atoms with E-state index in [-0.39, 0.29) is 5.75 Å². The lowest BCUT2D eigenvalue weighted by Gasteiger charge is -2.07. The molecule has 0 spiro atoms. The lowest BCUT2D eigenvalue weighted by Crippen LogP contribution is -1.99. The van der Waals surface area contributed by atoms with E-state index in [1.54, 1.807) is 12.1 Å². The molecule has 2 rings (SSSR count). The van der Waals surface area contributed by atoms with Crippen molar-refractivity contribution in [3.05, 3.63) is 58.9 Å². The van der Waals surface area contributed by atoms with Crippen molar-refractivity contribution in [3.63, 3.8) is 0 Å². The van der Waals surface area contributed by atoms with Gasteiger partial charge in [0.2, 0.25) is 0 Å². The van der Waals surface area contributed by atoms with Crippen LogP contribution in [0.2, 0.25) is 5.02 Å². The predicted molar refractivity (Wildman–Crippen MR) is 66.8 cm³/mol. The van der Waals surface area contributed by atoms with E-state index in [9.17, 15) is 9.50 Å². The molecule has 2 N–H and O–H groups in total. The molecule has 0 aliphatic rings. The number of hydrogen-bond donors (Lipinski definition) is 2. The molecule has 0 saturated carbocycles. The molecule has 2 aromatic carbocycles. The van der Waals surface area contributed by atoms with Gasteiger partial charge >= 0.3 is 0 Å². The first-order chi connectivity index (χ1) is 8.13. The van der Waals surface area contributed by atoms with Crippen molar-refractivity contribution >= 4 is 17.3 Å². The quantitative estimate of drug-likeness (QED) is 0.870. The van der Waals surface area contributed by atoms with Gasteiger partial charge in [-0.3, -0.25) is 0 Å². The minimum absolute atomic E-state index is 0.0714. The lowest BCUT2D eigenvalue weighted by molar-refractivity contribution is 0.468. The van der Waals surface area contributed by atoms with E-state index in [0.717, 1.165) is 11.8 Å². The van der Waals surface area contributed by atoms with Gasteiger partial charge in [-0.05, 0) is 42.0 Å². The zero-order valence-corrected chi connectivity index (χ0v) is 9.71. The molecule has 0 atom stereocenters. The maximum absolute atomic E-state index is 13.0. The van der Waals surface area contributed by atoms with E-state index in [2.05, 4.69) is 5.32 Å². The second-order valence-corrected chi connectivity index (χ2v) is 4.11. The summed E-state index contributed by atoms with van der Waals surface area (Å²) in [6, 6.07) is 11.2. The second-order valence-electron chi connectivity index (χ2n) is 3.68. The zero-order chi connectivity index (χ0) is 12.3. The number of halogens is 2. The first-order valence-corrected chi connectivity index (χ1v) is 5.49. The molecule has 0 aliphatic carbocycles. The largest absolute Gasteiger partial charge is 0.508 e. The van der Waals surface area contributed by atoms with Crippen molar-refractivity contribution < 1.29 is 9.50 Å². The van der Waals surface area contributed by atoms with E-state index in [0.29, 0.717) is 17.1 Å². The van der Waals surface area contributed by atoms with Crippen molar-refractivity contribution in [1.82, 2.24) is 0 Å². The summed E-state index contributed by atoms with van der Waals surface area (Å²) >= 11 is 5.76. The summed E-state index contributed by atoms with van der Waals surface area (Å²) in [6.45, 7) is 0.437. The van der Waals surface area contributed by atoms with E-state index < -0.39 is 5.82 Å². The van der Waals surface area contributed by atoms with Crippen molar-refractivity contribution in [2.24, 2.45) is 0 Å². The van der Waals surface area contributed by atoms with Crippen molar-refractivity contribution in [3.8, 4) is 5.75 Å². The predicted octanol–water partition coefficient (Wildman–Crippen LogP) is 3.80. The van der Waals surface area contributed by atoms with Gasteiger partial charge in [-0.1, -0.05) is 11.6 Å². The van der Waals surface area contributed by atoms with Crippen LogP contribution in [0.25, 0.3) is 0 Å². The highest BCUT2D eigenvalue weighted by Gasteiger charge is 2.00. The van der Waals surface area contributed by atoms with Gasteiger partial charge < -0.3 is 10.4 Å². The number of benzene rings is 2. The highest BCUT2D eigenvalue weighted by atomic mass is 35.5. The number of phenolic OH excluding ortho intramolecular Hbond substituents is 1. The normalized spacial score (nSPS) is 10.2. The third-order valence-corrected chi connectivity index (χ3v) is 2.54. The fourth-order valence-electron chi connectivity index (χ4n) is 1.51. The third kappa shape index (κ3) is 3.36. The Morgan fingerprint density at radius 1 is 1.12 bits per heavy atom. The van der Waals surface area contributed by atoms with Gasteiger partial charge in [0.25, 0.3) is 0 Å². The molecular weight excluding hydrogens is 241 g/mol. The number of hydrogen-bond acceptors (Lipinski definition) is 2. The molecule has 0 radical (unpaired) electrons. The van der Waals surface area contributed by atoms with E-state index >= 15 is 0 Å². The van der Waals surface area contributed by atoms with E-state index in [1.165, 1.54) is 12.1 Å². The molecule has 0 aliphatic heterocycles. The van der Waals surface area contributed by atoms with Crippen molar-refractivity contribution in [2.45, 2.75) is 6.54 Å². The van der Waals surface area contributed by atoms with Gasteiger partial charge in [-0.25, -0.2) is 4.39 Å². The Balaban J connectivity index is 2.04. The molecule has 0 fully saturated rings. The Labute approximate surface area is 104 Å². The van der Waals surface area contributed by atoms with Crippen molar-refractivity contribution in [1.29, 1.82) is 0 Å². The Kier molecular flexibility index (Phi) is 3.49. The van der Waals surface area contributed by atoms with Crippen LogP contribution < -0.4 is 5.32 Å². The van der Waals surface area contributed by atoms with Crippen LogP contribution in [0.4, 0.5) is 10.1 Å². The van der Waals surface area contributed by atoms with Gasteiger partial charge in [0.15, 0.2) is 0 Å². The monoisotopic (exact) mass is 251 g/mol. The molecule has 17 heavy (non-hydrogen) atoms. The van der Waals surface area contributed by atoms with Crippen LogP contribution in [0.3, 0.4) is 0 Å². The third-order valence-electron chi connectivity index (χ3n) is 2.28. The Hall–Kier alpha value is -1.74. The summed E-state index contributed by atoms with van der Waals surface area (Å²) in [5.41, 5.74) is 1.57. The molecule has 88 valence electrons. The molecule has 0 heterocycles. The van der Waals surface area contributed by atoms with Crippen LogP contribution in [-0.2, 0) is 6.54 Å². The molecule has 4 heteroatoms. The average Bonchev–Trinajstić information content (AvgIpc) is 2.27. The fraction of sp³-hybridized carbons (Fsp3) is 0.0769. The summed E-state index contributed by atoms with van der Waals surface area (Å²) in [7, 11) is 0. The van der Waals surface area contributed by atoms with Gasteiger partial charge in [-0.2, -0.15) is 0 Å². The van der Waals surface area contributed by atoms with E-state index in [4.69, 9.17) is 11.6 Å². The summed E-state index contributed by atoms with van der Waals surface area (Å²) in [5, 5.41) is 13.0. The molecule has 0 unspecified atom stereocenters. The van der Waals surface area contributed by atoms with Crippen LogP contribution in [0.1, 0.15) is 5.56 Å². The van der Waals surface area contributed by atoms with Gasteiger partial charge in [0, 0.05) is 23.3 Å². The summed E-state index contributed by atoms with van der Waals surface area (Å²) in [4.78, 5) is 0. The molecule has 0 saturated heterocycles. The van der Waals surface area contributed by atoms with Gasteiger partial charge in [0.1, 0.15) is 11.6 Å². The first-order valence-electron chi connectivity index (χ1n) is 5.11. The van der Waals surface area contributed by atoms with Gasteiger partial charge in [-0.15, -0.1) is 0 Å². The number of anilines is 1. The topological polar surface area (TPSA) is 32.3 Å². The number of nitrogens with one attached hydrogen (secondary N) is 1. The number of phenols is 1. The zero-order valence-electron chi connectivity index (χ0n) is 8.95. The minimum atomic E-state index is -0.446. The second kappa shape index (κ2) is 5.06. The van der Waals surface area contributed by atoms with Crippen LogP contribution >= 0.6 is 11.6 Å². The van der Waals surface area contributed by atoms with Gasteiger partial charge in [0.05, 0.1) is 0 Å². The van der Waals surface area contributed by atoms with Crippen LogP contribution in [0, 0.1) is 5.82 Å². The van der Waals surface area contributed by atoms with Crippen LogP contribution in [0.5, 0.6) is 5.75 Å². The first kappa shape index (κ1) is 11.7. The summed E-state index contributed by atoms with van der Waals surface area (Å²) in [6.07, 6.45) is 0. The fourth-order valence-corrected chi connectivity index (χ4v) is 1.63. The standard InChI is InChI=1S/C13H11ClFNO/c14-10-1-3-12(4-2-10)16-8-9-5-11(15)7-13(17)6-9/h1-7,16-17H,8H2. The Bertz CT molecular complexity index is 493. The highest BCUT2D eigenvalue weighted by Crippen LogP contribution is 2.17. The Morgan fingerprint density at radius 2 is 1.82 bits per heavy atom. The maximum Gasteiger partial charge on any atom is 0.127 e. The number of rotatable bonds is 3. The molecule has 2 nitrogen and oxygen atoms in total.